The molecule has 0 saturated heterocycles. The van der Waals surface area contributed by atoms with E-state index in [1.165, 1.54) is 5.56 Å². The van der Waals surface area contributed by atoms with Gasteiger partial charge in [0.1, 0.15) is 5.75 Å². The van der Waals surface area contributed by atoms with Gasteiger partial charge in [-0.3, -0.25) is 0 Å². The molecule has 0 aliphatic carbocycles. The molecule has 0 aromatic heterocycles. The molecule has 0 radical (unpaired) electrons. The minimum absolute atomic E-state index is 0.222. The molecule has 0 fully saturated rings. The van der Waals surface area contributed by atoms with Crippen LogP contribution >= 0.6 is 28.6 Å². The van der Waals surface area contributed by atoms with Gasteiger partial charge in [0.05, 0.1) is 5.37 Å². The highest BCUT2D eigenvalue weighted by Gasteiger charge is 2.12. The summed E-state index contributed by atoms with van der Waals surface area (Å²) in [6, 6.07) is 7.59. The molecule has 2 unspecified atom stereocenters. The molecular formula is C14H20BrNO2S. The molecule has 1 N–H and O–H groups in total. The van der Waals surface area contributed by atoms with E-state index < -0.39 is 6.09 Å². The summed E-state index contributed by atoms with van der Waals surface area (Å²) in [5.41, 5.74) is 1.17. The average Bonchev–Trinajstić information content (AvgIpc) is 2.28. The molecule has 19 heavy (non-hydrogen) atoms. The highest BCUT2D eigenvalue weighted by Crippen LogP contribution is 2.15. The Bertz CT molecular complexity index is 412. The lowest BCUT2D eigenvalue weighted by Crippen LogP contribution is -2.34. The molecule has 0 aliphatic heterocycles. The number of alkyl halides is 1. The van der Waals surface area contributed by atoms with E-state index in [1.807, 2.05) is 25.1 Å². The molecule has 0 bridgehead atoms. The minimum Gasteiger partial charge on any atom is -0.410 e. The van der Waals surface area contributed by atoms with Crippen LogP contribution in [0.4, 0.5) is 4.79 Å². The Labute approximate surface area is 128 Å². The molecule has 5 heteroatoms. The van der Waals surface area contributed by atoms with Crippen LogP contribution in [-0.4, -0.2) is 16.3 Å². The molecule has 1 amide bonds. The second-order valence-corrected chi connectivity index (χ2v) is 6.65. The maximum atomic E-state index is 11.7. The zero-order valence-corrected chi connectivity index (χ0v) is 13.7. The van der Waals surface area contributed by atoms with Crippen LogP contribution in [0.3, 0.4) is 0 Å². The predicted octanol–water partition coefficient (Wildman–Crippen LogP) is 4.16. The number of aryl methyl sites for hydroxylation is 1. The normalized spacial score (nSPS) is 13.7. The van der Waals surface area contributed by atoms with E-state index in [9.17, 15) is 4.79 Å². The molecule has 3 nitrogen and oxygen atoms in total. The van der Waals surface area contributed by atoms with Crippen molar-refractivity contribution in [3.05, 3.63) is 29.8 Å². The summed E-state index contributed by atoms with van der Waals surface area (Å²) >= 11 is 7.70. The second-order valence-electron chi connectivity index (χ2n) is 4.46. The van der Waals surface area contributed by atoms with E-state index in [0.717, 1.165) is 19.3 Å². The van der Waals surface area contributed by atoms with Crippen LogP contribution in [0, 0.1) is 0 Å². The van der Waals surface area contributed by atoms with E-state index in [1.54, 1.807) is 6.07 Å². The molecule has 106 valence electrons. The molecule has 1 aromatic carbocycles. The van der Waals surface area contributed by atoms with Gasteiger partial charge in [-0.15, -0.1) is 0 Å². The SMILES string of the molecule is CCCc1cccc(OC(=O)NC(S)CC(C)Br)c1. The van der Waals surface area contributed by atoms with Crippen molar-refractivity contribution < 1.29 is 9.53 Å². The lowest BCUT2D eigenvalue weighted by Gasteiger charge is -2.14. The van der Waals surface area contributed by atoms with Gasteiger partial charge in [-0.2, -0.15) is 12.6 Å². The first kappa shape index (κ1) is 16.4. The first-order valence-electron chi connectivity index (χ1n) is 6.40. The maximum absolute atomic E-state index is 11.7. The first-order valence-corrected chi connectivity index (χ1v) is 7.84. The second kappa shape index (κ2) is 8.48. The van der Waals surface area contributed by atoms with Crippen molar-refractivity contribution in [3.8, 4) is 5.75 Å². The van der Waals surface area contributed by atoms with Gasteiger partial charge in [-0.05, 0) is 30.5 Å². The highest BCUT2D eigenvalue weighted by molar-refractivity contribution is 9.09. The number of nitrogens with one attached hydrogen (secondary N) is 1. The molecular weight excluding hydrogens is 326 g/mol. The van der Waals surface area contributed by atoms with Gasteiger partial charge in [-0.25, -0.2) is 4.79 Å². The Morgan fingerprint density at radius 3 is 2.89 bits per heavy atom. The van der Waals surface area contributed by atoms with Gasteiger partial charge >= 0.3 is 6.09 Å². The van der Waals surface area contributed by atoms with Gasteiger partial charge in [0, 0.05) is 4.83 Å². The van der Waals surface area contributed by atoms with E-state index in [4.69, 9.17) is 4.74 Å². The van der Waals surface area contributed by atoms with Crippen molar-refractivity contribution in [1.29, 1.82) is 0 Å². The number of thiol groups is 1. The van der Waals surface area contributed by atoms with Crippen molar-refractivity contribution in [1.82, 2.24) is 5.32 Å². The lowest BCUT2D eigenvalue weighted by molar-refractivity contribution is 0.199. The van der Waals surface area contributed by atoms with E-state index in [-0.39, 0.29) is 5.37 Å². The van der Waals surface area contributed by atoms with Crippen LogP contribution in [0.5, 0.6) is 5.75 Å². The number of rotatable bonds is 6. The van der Waals surface area contributed by atoms with Gasteiger partial charge in [0.25, 0.3) is 0 Å². The predicted molar refractivity (Wildman–Crippen MR) is 85.4 cm³/mol. The largest absolute Gasteiger partial charge is 0.413 e. The van der Waals surface area contributed by atoms with Gasteiger partial charge in [0.2, 0.25) is 0 Å². The summed E-state index contributed by atoms with van der Waals surface area (Å²) in [5.74, 6) is 0.566. The van der Waals surface area contributed by atoms with Crippen molar-refractivity contribution in [2.45, 2.75) is 43.3 Å². The summed E-state index contributed by atoms with van der Waals surface area (Å²) < 4.78 is 5.24. The number of halogens is 1. The van der Waals surface area contributed by atoms with E-state index >= 15 is 0 Å². The quantitative estimate of drug-likeness (QED) is 0.461. The fourth-order valence-corrected chi connectivity index (χ4v) is 2.78. The van der Waals surface area contributed by atoms with Gasteiger partial charge in [-0.1, -0.05) is 48.3 Å². The number of hydrogen-bond donors (Lipinski definition) is 2. The Morgan fingerprint density at radius 1 is 1.53 bits per heavy atom. The van der Waals surface area contributed by atoms with Crippen LogP contribution in [0.15, 0.2) is 24.3 Å². The number of hydrogen-bond acceptors (Lipinski definition) is 3. The zero-order chi connectivity index (χ0) is 14.3. The van der Waals surface area contributed by atoms with E-state index in [2.05, 4.69) is 40.8 Å². The number of amides is 1. The fraction of sp³-hybridized carbons (Fsp3) is 0.500. The molecule has 1 rings (SSSR count). The number of carbonyl (C=O) groups is 1. The first-order chi connectivity index (χ1) is 9.01. The zero-order valence-electron chi connectivity index (χ0n) is 11.2. The lowest BCUT2D eigenvalue weighted by atomic mass is 10.1. The minimum atomic E-state index is -0.471. The van der Waals surface area contributed by atoms with Crippen LogP contribution in [0.2, 0.25) is 0 Å². The Morgan fingerprint density at radius 2 is 2.26 bits per heavy atom. The van der Waals surface area contributed by atoms with Crippen LogP contribution in [-0.2, 0) is 6.42 Å². The number of carbonyl (C=O) groups excluding carboxylic acids is 1. The van der Waals surface area contributed by atoms with Crippen LogP contribution in [0.25, 0.3) is 0 Å². The van der Waals surface area contributed by atoms with Gasteiger partial charge in [0.15, 0.2) is 0 Å². The van der Waals surface area contributed by atoms with Crippen molar-refractivity contribution in [3.63, 3.8) is 0 Å². The molecule has 1 aromatic rings. The summed E-state index contributed by atoms with van der Waals surface area (Å²) in [5, 5.41) is 2.46. The van der Waals surface area contributed by atoms with Crippen molar-refractivity contribution in [2.24, 2.45) is 0 Å². The Hall–Kier alpha value is -0.680. The topological polar surface area (TPSA) is 38.3 Å². The molecule has 0 heterocycles. The molecule has 0 saturated carbocycles. The number of benzene rings is 1. The summed E-state index contributed by atoms with van der Waals surface area (Å²) in [6.07, 6.45) is 2.31. The Kier molecular flexibility index (Phi) is 7.31. The summed E-state index contributed by atoms with van der Waals surface area (Å²) in [6.45, 7) is 4.12. The van der Waals surface area contributed by atoms with Crippen molar-refractivity contribution in [2.75, 3.05) is 0 Å². The third kappa shape index (κ3) is 6.87. The Balaban J connectivity index is 2.49. The average molecular weight is 346 g/mol. The maximum Gasteiger partial charge on any atom is 0.413 e. The standard InChI is InChI=1S/C14H20BrNO2S/c1-3-5-11-6-4-7-12(9-11)18-14(17)16-13(19)8-10(2)15/h4,6-7,9-10,13,19H,3,5,8H2,1-2H3,(H,16,17). The monoisotopic (exact) mass is 345 g/mol. The summed E-state index contributed by atoms with van der Waals surface area (Å²) in [7, 11) is 0. The third-order valence-electron chi connectivity index (χ3n) is 2.48. The fourth-order valence-electron chi connectivity index (χ4n) is 1.69. The van der Waals surface area contributed by atoms with Crippen LogP contribution < -0.4 is 10.1 Å². The van der Waals surface area contributed by atoms with Gasteiger partial charge < -0.3 is 10.1 Å². The smallest absolute Gasteiger partial charge is 0.410 e. The summed E-state index contributed by atoms with van der Waals surface area (Å²) in [4.78, 5) is 12.0. The highest BCUT2D eigenvalue weighted by atomic mass is 79.9. The van der Waals surface area contributed by atoms with Crippen molar-refractivity contribution >= 4 is 34.7 Å². The third-order valence-corrected chi connectivity index (χ3v) is 3.19. The molecule has 0 spiro atoms. The van der Waals surface area contributed by atoms with Crippen LogP contribution in [0.1, 0.15) is 32.3 Å². The van der Waals surface area contributed by atoms with E-state index in [0.29, 0.717) is 10.6 Å². The molecule has 0 aliphatic rings. The molecule has 2 atom stereocenters. The number of ether oxygens (including phenoxy) is 1.